The van der Waals surface area contributed by atoms with Crippen molar-refractivity contribution in [3.63, 3.8) is 0 Å². The Morgan fingerprint density at radius 2 is 2.24 bits per heavy atom. The Balaban J connectivity index is 1.34. The van der Waals surface area contributed by atoms with Gasteiger partial charge in [0.2, 0.25) is 5.91 Å². The van der Waals surface area contributed by atoms with E-state index >= 15 is 0 Å². The molecule has 0 atom stereocenters. The van der Waals surface area contributed by atoms with Gasteiger partial charge in [0.15, 0.2) is 5.13 Å². The minimum absolute atomic E-state index is 0.0821. The van der Waals surface area contributed by atoms with Gasteiger partial charge in [-0.3, -0.25) is 14.5 Å². The lowest BCUT2D eigenvalue weighted by atomic mass is 10.2. The van der Waals surface area contributed by atoms with Crippen LogP contribution in [0, 0.1) is 0 Å². The van der Waals surface area contributed by atoms with Gasteiger partial charge < -0.3 is 9.15 Å². The quantitative estimate of drug-likeness (QED) is 0.656. The first-order valence-electron chi connectivity index (χ1n) is 8.07. The third kappa shape index (κ3) is 3.41. The molecule has 1 aliphatic rings. The van der Waals surface area contributed by atoms with Gasteiger partial charge >= 0.3 is 5.97 Å². The van der Waals surface area contributed by atoms with Gasteiger partial charge in [-0.2, -0.15) is 0 Å². The molecule has 0 bridgehead atoms. The van der Waals surface area contributed by atoms with Crippen LogP contribution in [0.3, 0.4) is 0 Å². The smallest absolute Gasteiger partial charge is 0.312 e. The number of anilines is 1. The molecule has 2 aromatic heterocycles. The summed E-state index contributed by atoms with van der Waals surface area (Å²) in [4.78, 5) is 29.8. The molecule has 1 fully saturated rings. The third-order valence-electron chi connectivity index (χ3n) is 4.02. The average Bonchev–Trinajstić information content (AvgIpc) is 3.31. The number of fused-ring (bicyclic) bond motifs is 1. The van der Waals surface area contributed by atoms with E-state index < -0.39 is 0 Å². The zero-order valence-corrected chi connectivity index (χ0v) is 14.3. The van der Waals surface area contributed by atoms with Crippen LogP contribution in [0.25, 0.3) is 11.0 Å². The molecule has 1 amide bonds. The number of para-hydroxylation sites is 1. The number of esters is 1. The van der Waals surface area contributed by atoms with Gasteiger partial charge in [0.25, 0.3) is 0 Å². The lowest BCUT2D eigenvalue weighted by Gasteiger charge is -2.10. The van der Waals surface area contributed by atoms with Crippen LogP contribution in [0.2, 0.25) is 0 Å². The molecule has 7 heteroatoms. The molecule has 0 unspecified atom stereocenters. The van der Waals surface area contributed by atoms with Crippen LogP contribution in [-0.2, 0) is 27.4 Å². The summed E-state index contributed by atoms with van der Waals surface area (Å²) in [6.45, 7) is 0.789. The number of furan rings is 1. The van der Waals surface area contributed by atoms with E-state index in [9.17, 15) is 9.59 Å². The van der Waals surface area contributed by atoms with Crippen molar-refractivity contribution < 1.29 is 18.7 Å². The molecule has 1 aliphatic heterocycles. The first kappa shape index (κ1) is 15.8. The van der Waals surface area contributed by atoms with Crippen molar-refractivity contribution in [2.75, 3.05) is 11.4 Å². The van der Waals surface area contributed by atoms with E-state index in [0.29, 0.717) is 29.6 Å². The van der Waals surface area contributed by atoms with Gasteiger partial charge in [0, 0.05) is 23.7 Å². The predicted molar refractivity (Wildman–Crippen MR) is 93.4 cm³/mol. The van der Waals surface area contributed by atoms with Crippen molar-refractivity contribution in [1.29, 1.82) is 0 Å². The van der Waals surface area contributed by atoms with Crippen molar-refractivity contribution in [2.24, 2.45) is 0 Å². The fourth-order valence-electron chi connectivity index (χ4n) is 2.81. The van der Waals surface area contributed by atoms with Crippen LogP contribution < -0.4 is 4.90 Å². The molecule has 1 saturated heterocycles. The van der Waals surface area contributed by atoms with Gasteiger partial charge in [-0.05, 0) is 18.6 Å². The van der Waals surface area contributed by atoms with Crippen LogP contribution in [-0.4, -0.2) is 23.4 Å². The molecule has 3 heterocycles. The maximum absolute atomic E-state index is 12.0. The van der Waals surface area contributed by atoms with Crippen LogP contribution in [0.1, 0.15) is 24.3 Å². The van der Waals surface area contributed by atoms with Crippen molar-refractivity contribution in [2.45, 2.75) is 25.9 Å². The van der Waals surface area contributed by atoms with E-state index in [1.165, 1.54) is 11.3 Å². The van der Waals surface area contributed by atoms with Gasteiger partial charge in [0.1, 0.15) is 18.0 Å². The Morgan fingerprint density at radius 3 is 3.04 bits per heavy atom. The fourth-order valence-corrected chi connectivity index (χ4v) is 3.68. The summed E-state index contributed by atoms with van der Waals surface area (Å²) in [5.41, 5.74) is 1.39. The summed E-state index contributed by atoms with van der Waals surface area (Å²) in [6, 6.07) is 9.51. The van der Waals surface area contributed by atoms with Crippen molar-refractivity contribution >= 4 is 39.3 Å². The average molecular weight is 356 g/mol. The SMILES string of the molecule is O=C(Cc1csc(N2CCCC2=O)n1)OCc1cc2ccccc2o1. The largest absolute Gasteiger partial charge is 0.457 e. The highest BCUT2D eigenvalue weighted by Gasteiger charge is 2.24. The molecule has 0 N–H and O–H groups in total. The summed E-state index contributed by atoms with van der Waals surface area (Å²) in [5, 5.41) is 3.43. The van der Waals surface area contributed by atoms with Crippen LogP contribution in [0.5, 0.6) is 0 Å². The van der Waals surface area contributed by atoms with E-state index in [-0.39, 0.29) is 24.9 Å². The Bertz CT molecular complexity index is 897. The zero-order valence-electron chi connectivity index (χ0n) is 13.4. The second-order valence-electron chi connectivity index (χ2n) is 5.86. The third-order valence-corrected chi connectivity index (χ3v) is 4.93. The second kappa shape index (κ2) is 6.68. The summed E-state index contributed by atoms with van der Waals surface area (Å²) in [6.07, 6.45) is 1.50. The molecule has 6 nitrogen and oxygen atoms in total. The molecule has 0 radical (unpaired) electrons. The number of ether oxygens (including phenoxy) is 1. The Labute approximate surface area is 148 Å². The highest BCUT2D eigenvalue weighted by molar-refractivity contribution is 7.14. The molecule has 3 aromatic rings. The van der Waals surface area contributed by atoms with Crippen LogP contribution in [0.4, 0.5) is 5.13 Å². The minimum Gasteiger partial charge on any atom is -0.457 e. The zero-order chi connectivity index (χ0) is 17.2. The van der Waals surface area contributed by atoms with E-state index in [0.717, 1.165) is 17.4 Å². The van der Waals surface area contributed by atoms with Crippen molar-refractivity contribution in [1.82, 2.24) is 4.98 Å². The minimum atomic E-state index is -0.370. The maximum Gasteiger partial charge on any atom is 0.312 e. The molecule has 0 spiro atoms. The molecular formula is C18H16N2O4S. The Kier molecular flexibility index (Phi) is 4.23. The maximum atomic E-state index is 12.0. The first-order chi connectivity index (χ1) is 12.2. The van der Waals surface area contributed by atoms with Crippen molar-refractivity contribution in [3.05, 3.63) is 47.2 Å². The summed E-state index contributed by atoms with van der Waals surface area (Å²) in [5.74, 6) is 0.328. The number of amides is 1. The molecular weight excluding hydrogens is 340 g/mol. The Morgan fingerprint density at radius 1 is 1.36 bits per heavy atom. The molecule has 25 heavy (non-hydrogen) atoms. The molecule has 0 saturated carbocycles. The lowest BCUT2D eigenvalue weighted by Crippen LogP contribution is -2.23. The number of nitrogens with zero attached hydrogens (tertiary/aromatic N) is 2. The van der Waals surface area contributed by atoms with E-state index in [2.05, 4.69) is 4.98 Å². The highest BCUT2D eigenvalue weighted by Crippen LogP contribution is 2.25. The summed E-state index contributed by atoms with van der Waals surface area (Å²) < 4.78 is 10.9. The standard InChI is InChI=1S/C18H16N2O4S/c21-16-6-3-7-20(16)18-19-13(11-25-18)9-17(22)23-10-14-8-12-4-1-2-5-15(12)24-14/h1-2,4-5,8,11H,3,6-7,9-10H2. The summed E-state index contributed by atoms with van der Waals surface area (Å²) in [7, 11) is 0. The monoisotopic (exact) mass is 356 g/mol. The molecule has 128 valence electrons. The van der Waals surface area contributed by atoms with E-state index in [1.807, 2.05) is 30.3 Å². The van der Waals surface area contributed by atoms with Gasteiger partial charge in [0.05, 0.1) is 12.1 Å². The molecule has 4 rings (SSSR count). The summed E-state index contributed by atoms with van der Waals surface area (Å²) >= 11 is 1.38. The molecule has 0 aliphatic carbocycles. The van der Waals surface area contributed by atoms with Crippen molar-refractivity contribution in [3.8, 4) is 0 Å². The van der Waals surface area contributed by atoms with Gasteiger partial charge in [-0.15, -0.1) is 11.3 Å². The first-order valence-corrected chi connectivity index (χ1v) is 8.95. The topological polar surface area (TPSA) is 72.6 Å². The molecule has 1 aromatic carbocycles. The number of aromatic nitrogens is 1. The van der Waals surface area contributed by atoms with E-state index in [1.54, 1.807) is 10.3 Å². The van der Waals surface area contributed by atoms with Crippen LogP contribution in [0.15, 0.2) is 40.1 Å². The second-order valence-corrected chi connectivity index (χ2v) is 6.69. The number of thiazole rings is 1. The normalized spacial score (nSPS) is 14.4. The van der Waals surface area contributed by atoms with Gasteiger partial charge in [-0.1, -0.05) is 18.2 Å². The number of hydrogen-bond acceptors (Lipinski definition) is 6. The Hall–Kier alpha value is -2.67. The number of hydrogen-bond donors (Lipinski definition) is 0. The number of benzene rings is 1. The number of rotatable bonds is 5. The fraction of sp³-hybridized carbons (Fsp3) is 0.278. The lowest BCUT2D eigenvalue weighted by molar-refractivity contribution is -0.144. The van der Waals surface area contributed by atoms with Gasteiger partial charge in [-0.25, -0.2) is 4.98 Å². The highest BCUT2D eigenvalue weighted by atomic mass is 32.1. The van der Waals surface area contributed by atoms with E-state index in [4.69, 9.17) is 9.15 Å². The van der Waals surface area contributed by atoms with Crippen LogP contribution >= 0.6 is 11.3 Å². The predicted octanol–water partition coefficient (Wildman–Crippen LogP) is 3.30. The number of carbonyl (C=O) groups is 2. The number of carbonyl (C=O) groups excluding carboxylic acids is 2.